The molecule has 0 bridgehead atoms. The molecular formula is C26H31N7. The molecule has 7 heteroatoms. The summed E-state index contributed by atoms with van der Waals surface area (Å²) in [5.74, 6) is 1.42. The highest BCUT2D eigenvalue weighted by atomic mass is 15.2. The van der Waals surface area contributed by atoms with Crippen molar-refractivity contribution in [3.8, 4) is 11.1 Å². The third-order valence-electron chi connectivity index (χ3n) is 6.28. The standard InChI is InChI=1S/C26H31N7/c1-18(2)33-17-29-23-24(31-26(32-25(23)33)30-21-11-7-4-8-12-21)28-16-22-14-13-20(15-27-22)19-9-5-3-6-10-19/h3,5-6,9-10,13-15,17-18,21H,4,7-8,11-12,16H2,1-2H3,(H2,28,30,31,32). The summed E-state index contributed by atoms with van der Waals surface area (Å²) < 4.78 is 2.10. The van der Waals surface area contributed by atoms with Crippen LogP contribution in [0.15, 0.2) is 55.0 Å². The van der Waals surface area contributed by atoms with E-state index in [9.17, 15) is 0 Å². The number of benzene rings is 1. The Bertz CT molecular complexity index is 1190. The summed E-state index contributed by atoms with van der Waals surface area (Å²) in [6.45, 7) is 4.85. The topological polar surface area (TPSA) is 80.5 Å². The number of hydrogen-bond acceptors (Lipinski definition) is 6. The van der Waals surface area contributed by atoms with Gasteiger partial charge in [0.05, 0.1) is 18.6 Å². The Hall–Kier alpha value is -3.48. The van der Waals surface area contributed by atoms with Crippen molar-refractivity contribution in [3.63, 3.8) is 0 Å². The van der Waals surface area contributed by atoms with Crippen LogP contribution in [0.4, 0.5) is 11.8 Å². The largest absolute Gasteiger partial charge is 0.362 e. The van der Waals surface area contributed by atoms with Gasteiger partial charge in [0.2, 0.25) is 5.95 Å². The zero-order valence-electron chi connectivity index (χ0n) is 19.3. The highest BCUT2D eigenvalue weighted by Crippen LogP contribution is 2.26. The Morgan fingerprint density at radius 2 is 1.76 bits per heavy atom. The molecule has 0 spiro atoms. The van der Waals surface area contributed by atoms with E-state index in [1.54, 1.807) is 0 Å². The number of anilines is 2. The summed E-state index contributed by atoms with van der Waals surface area (Å²) in [5, 5.41) is 7.04. The van der Waals surface area contributed by atoms with Crippen LogP contribution in [0.2, 0.25) is 0 Å². The first-order valence-corrected chi connectivity index (χ1v) is 11.9. The maximum atomic E-state index is 4.83. The second-order valence-corrected chi connectivity index (χ2v) is 9.05. The molecule has 1 aromatic carbocycles. The van der Waals surface area contributed by atoms with E-state index in [4.69, 9.17) is 9.97 Å². The lowest BCUT2D eigenvalue weighted by Crippen LogP contribution is -2.24. The average Bonchev–Trinajstić information content (AvgIpc) is 3.29. The van der Waals surface area contributed by atoms with Gasteiger partial charge in [-0.2, -0.15) is 9.97 Å². The van der Waals surface area contributed by atoms with Crippen LogP contribution in [0, 0.1) is 0 Å². The summed E-state index contributed by atoms with van der Waals surface area (Å²) in [5.41, 5.74) is 4.87. The number of aromatic nitrogens is 5. The van der Waals surface area contributed by atoms with Gasteiger partial charge in [-0.15, -0.1) is 0 Å². The first-order chi connectivity index (χ1) is 16.2. The first kappa shape index (κ1) is 21.4. The number of pyridine rings is 1. The SMILES string of the molecule is CC(C)n1cnc2c(NCc3ccc(-c4ccccc4)cn3)nc(NC3CCCCC3)nc21. The number of rotatable bonds is 7. The van der Waals surface area contributed by atoms with E-state index in [1.165, 1.54) is 37.7 Å². The minimum absolute atomic E-state index is 0.271. The van der Waals surface area contributed by atoms with E-state index in [1.807, 2.05) is 30.7 Å². The fourth-order valence-corrected chi connectivity index (χ4v) is 4.42. The predicted molar refractivity (Wildman–Crippen MR) is 133 cm³/mol. The minimum atomic E-state index is 0.271. The molecule has 3 aromatic heterocycles. The second-order valence-electron chi connectivity index (χ2n) is 9.05. The highest BCUT2D eigenvalue weighted by Gasteiger charge is 2.18. The smallest absolute Gasteiger partial charge is 0.227 e. The van der Waals surface area contributed by atoms with Crippen LogP contribution in [0.3, 0.4) is 0 Å². The van der Waals surface area contributed by atoms with Crippen LogP contribution in [-0.4, -0.2) is 30.5 Å². The molecule has 1 fully saturated rings. The Kier molecular flexibility index (Phi) is 6.19. The van der Waals surface area contributed by atoms with Crippen molar-refractivity contribution < 1.29 is 0 Å². The quantitative estimate of drug-likeness (QED) is 0.376. The molecule has 7 nitrogen and oxygen atoms in total. The van der Waals surface area contributed by atoms with Crippen LogP contribution < -0.4 is 10.6 Å². The molecular weight excluding hydrogens is 410 g/mol. The maximum absolute atomic E-state index is 4.83. The second kappa shape index (κ2) is 9.57. The van der Waals surface area contributed by atoms with Gasteiger partial charge in [0.15, 0.2) is 17.0 Å². The van der Waals surface area contributed by atoms with E-state index in [0.717, 1.165) is 28.2 Å². The van der Waals surface area contributed by atoms with Crippen molar-refractivity contribution in [1.29, 1.82) is 0 Å². The van der Waals surface area contributed by atoms with Crippen LogP contribution in [0.25, 0.3) is 22.3 Å². The monoisotopic (exact) mass is 441 g/mol. The molecule has 0 unspecified atom stereocenters. The molecule has 1 saturated carbocycles. The zero-order valence-corrected chi connectivity index (χ0v) is 19.3. The molecule has 0 saturated heterocycles. The summed E-state index contributed by atoms with van der Waals surface area (Å²) in [4.78, 5) is 18.9. The van der Waals surface area contributed by atoms with Crippen LogP contribution >= 0.6 is 0 Å². The van der Waals surface area contributed by atoms with Gasteiger partial charge < -0.3 is 15.2 Å². The Balaban J connectivity index is 1.38. The molecule has 4 aromatic rings. The highest BCUT2D eigenvalue weighted by molar-refractivity contribution is 5.84. The predicted octanol–water partition coefficient (Wildman–Crippen LogP) is 5.83. The Labute approximate surface area is 194 Å². The van der Waals surface area contributed by atoms with E-state index < -0.39 is 0 Å². The average molecular weight is 442 g/mol. The number of fused-ring (bicyclic) bond motifs is 1. The third kappa shape index (κ3) is 4.82. The first-order valence-electron chi connectivity index (χ1n) is 11.9. The summed E-state index contributed by atoms with van der Waals surface area (Å²) in [7, 11) is 0. The van der Waals surface area contributed by atoms with E-state index >= 15 is 0 Å². The molecule has 0 aliphatic heterocycles. The molecule has 170 valence electrons. The minimum Gasteiger partial charge on any atom is -0.362 e. The van der Waals surface area contributed by atoms with Crippen molar-refractivity contribution in [3.05, 3.63) is 60.7 Å². The van der Waals surface area contributed by atoms with Gasteiger partial charge in [-0.05, 0) is 38.3 Å². The van der Waals surface area contributed by atoms with E-state index in [0.29, 0.717) is 18.5 Å². The zero-order chi connectivity index (χ0) is 22.6. The number of nitrogens with one attached hydrogen (secondary N) is 2. The Morgan fingerprint density at radius 3 is 2.48 bits per heavy atom. The van der Waals surface area contributed by atoms with Gasteiger partial charge in [0.25, 0.3) is 0 Å². The lowest BCUT2D eigenvalue weighted by Gasteiger charge is -2.23. The van der Waals surface area contributed by atoms with Gasteiger partial charge in [-0.1, -0.05) is 55.7 Å². The van der Waals surface area contributed by atoms with Crippen molar-refractivity contribution in [2.24, 2.45) is 0 Å². The molecule has 1 aliphatic carbocycles. The van der Waals surface area contributed by atoms with Crippen molar-refractivity contribution in [2.45, 2.75) is 64.6 Å². The fraction of sp³-hybridized carbons (Fsp3) is 0.385. The van der Waals surface area contributed by atoms with Crippen molar-refractivity contribution in [1.82, 2.24) is 24.5 Å². The van der Waals surface area contributed by atoms with Crippen LogP contribution in [-0.2, 0) is 6.54 Å². The number of nitrogens with zero attached hydrogens (tertiary/aromatic N) is 5. The van der Waals surface area contributed by atoms with E-state index in [-0.39, 0.29) is 6.04 Å². The normalized spacial score (nSPS) is 14.6. The molecule has 33 heavy (non-hydrogen) atoms. The molecule has 0 amide bonds. The molecule has 2 N–H and O–H groups in total. The van der Waals surface area contributed by atoms with Gasteiger partial charge in [-0.25, -0.2) is 4.98 Å². The van der Waals surface area contributed by atoms with Crippen molar-refractivity contribution >= 4 is 22.9 Å². The lowest BCUT2D eigenvalue weighted by molar-refractivity contribution is 0.461. The summed E-state index contributed by atoms with van der Waals surface area (Å²) >= 11 is 0. The lowest BCUT2D eigenvalue weighted by atomic mass is 9.96. The van der Waals surface area contributed by atoms with Gasteiger partial charge in [0.1, 0.15) is 0 Å². The fourth-order valence-electron chi connectivity index (χ4n) is 4.42. The number of hydrogen-bond donors (Lipinski definition) is 2. The van der Waals surface area contributed by atoms with E-state index in [2.05, 4.69) is 63.3 Å². The molecule has 3 heterocycles. The number of imidazole rings is 1. The van der Waals surface area contributed by atoms with Crippen molar-refractivity contribution in [2.75, 3.05) is 10.6 Å². The van der Waals surface area contributed by atoms with Crippen LogP contribution in [0.5, 0.6) is 0 Å². The molecule has 0 atom stereocenters. The van der Waals surface area contributed by atoms with Gasteiger partial charge >= 0.3 is 0 Å². The molecule has 0 radical (unpaired) electrons. The summed E-state index contributed by atoms with van der Waals surface area (Å²) in [6.07, 6.45) is 9.97. The Morgan fingerprint density at radius 1 is 0.939 bits per heavy atom. The maximum Gasteiger partial charge on any atom is 0.227 e. The molecule has 5 rings (SSSR count). The van der Waals surface area contributed by atoms with Gasteiger partial charge in [0, 0.05) is 23.8 Å². The molecule has 1 aliphatic rings. The third-order valence-corrected chi connectivity index (χ3v) is 6.28. The van der Waals surface area contributed by atoms with Gasteiger partial charge in [-0.3, -0.25) is 4.98 Å². The van der Waals surface area contributed by atoms with Crippen LogP contribution in [0.1, 0.15) is 57.7 Å². The summed E-state index contributed by atoms with van der Waals surface area (Å²) in [6, 6.07) is 15.2.